The molecule has 10 heterocycles. The van der Waals surface area contributed by atoms with Crippen molar-refractivity contribution in [2.24, 2.45) is 17.8 Å². The van der Waals surface area contributed by atoms with Crippen LogP contribution in [0.1, 0.15) is 145 Å². The molecule has 7 aliphatic heterocycles. The number of fused-ring (bicyclic) bond motifs is 1. The number of cyclic esters (lactones) is 1. The molecule has 478 valence electrons. The Morgan fingerprint density at radius 3 is 1.59 bits per heavy atom. The van der Waals surface area contributed by atoms with Crippen molar-refractivity contribution >= 4 is 17.4 Å². The summed E-state index contributed by atoms with van der Waals surface area (Å²) in [7, 11) is 3.42. The Bertz CT molecular complexity index is 1890. The van der Waals surface area contributed by atoms with Gasteiger partial charge in [0, 0.05) is 58.5 Å². The molecule has 0 bridgehead atoms. The number of aromatic amines is 1. The van der Waals surface area contributed by atoms with Gasteiger partial charge in [-0.05, 0) is 135 Å². The van der Waals surface area contributed by atoms with E-state index < -0.39 is 0 Å². The van der Waals surface area contributed by atoms with Crippen molar-refractivity contribution in [1.82, 2.24) is 30.7 Å². The first kappa shape index (κ1) is 78.5. The highest BCUT2D eigenvalue weighted by atomic mass is 32.1. The minimum absolute atomic E-state index is 0. The Morgan fingerprint density at radius 2 is 1.19 bits per heavy atom. The van der Waals surface area contributed by atoms with E-state index in [4.69, 9.17) is 52.1 Å². The maximum atomic E-state index is 10.1. The van der Waals surface area contributed by atoms with Crippen LogP contribution in [0.15, 0.2) is 66.7 Å². The molecule has 83 heavy (non-hydrogen) atoms. The Hall–Kier alpha value is -4.51. The zero-order chi connectivity index (χ0) is 59.0. The number of para-hydroxylation sites is 2. The Balaban J connectivity index is 0.000000893. The molecule has 3 aromatic heterocycles. The highest BCUT2D eigenvalue weighted by molar-refractivity contribution is 7.09. The second-order valence-corrected chi connectivity index (χ2v) is 21.9. The lowest BCUT2D eigenvalue weighted by Gasteiger charge is -2.23. The molecule has 1 aliphatic carbocycles. The average Bonchev–Trinajstić information content (AvgIpc) is 4.40. The smallest absolute Gasteiger partial charge is 0.407 e. The van der Waals surface area contributed by atoms with Crippen molar-refractivity contribution in [1.29, 1.82) is 0 Å². The van der Waals surface area contributed by atoms with Gasteiger partial charge < -0.3 is 62.2 Å². The first-order chi connectivity index (χ1) is 39.3. The van der Waals surface area contributed by atoms with Crippen LogP contribution < -0.4 is 19.5 Å². The van der Waals surface area contributed by atoms with Gasteiger partial charge in [0.15, 0.2) is 11.5 Å². The second-order valence-electron chi connectivity index (χ2n) is 20.9. The molecule has 1 saturated carbocycles. The molecule has 1 aromatic carbocycles. The molecule has 2 N–H and O–H groups in total. The molecular formula is C63H112N6O13S. The molecule has 8 aliphatic rings. The maximum Gasteiger partial charge on any atom is 0.407 e. The molecule has 0 radical (unpaired) electrons. The molecule has 6 saturated heterocycles. The Morgan fingerprint density at radius 1 is 0.578 bits per heavy atom. The van der Waals surface area contributed by atoms with E-state index in [-0.39, 0.29) is 33.2 Å². The van der Waals surface area contributed by atoms with Gasteiger partial charge in [0.1, 0.15) is 35.1 Å². The molecule has 19 nitrogen and oxygen atoms in total. The third-order valence-corrected chi connectivity index (χ3v) is 13.1. The van der Waals surface area contributed by atoms with Crippen molar-refractivity contribution in [3.63, 3.8) is 0 Å². The molecule has 6 atom stereocenters. The van der Waals surface area contributed by atoms with Gasteiger partial charge in [-0.2, -0.15) is 5.10 Å². The Kier molecular flexibility index (Phi) is 50.1. The molecule has 12 rings (SSSR count). The molecular weight excluding hydrogens is 1080 g/mol. The van der Waals surface area contributed by atoms with Crippen LogP contribution in [-0.2, 0) is 42.6 Å². The zero-order valence-corrected chi connectivity index (χ0v) is 52.0. The van der Waals surface area contributed by atoms with Crippen LogP contribution in [-0.4, -0.2) is 169 Å². The van der Waals surface area contributed by atoms with Crippen molar-refractivity contribution < 1.29 is 61.6 Å². The SMILES string of the molecule is C.C.CC1COCCOC1.COC1CCCC1.COc1cccnc1.C[C@@H]1CCOC1.C[C@H]1CCCCO1.C[C@H]1CCCCOC1.C[C@H]1CNC(=O)O1.C[C@H]1COCCO1.C[C@H]1COc2ccccc2O1.Cc1cn[nH]c1.Cc1nncs1. The summed E-state index contributed by atoms with van der Waals surface area (Å²) in [4.78, 5) is 14.0. The molecule has 7 fully saturated rings. The van der Waals surface area contributed by atoms with Crippen LogP contribution in [0.3, 0.4) is 0 Å². The van der Waals surface area contributed by atoms with Gasteiger partial charge in [0.2, 0.25) is 0 Å². The lowest BCUT2D eigenvalue weighted by Crippen LogP contribution is -2.25. The number of aryl methyl sites for hydroxylation is 2. The predicted octanol–water partition coefficient (Wildman–Crippen LogP) is 13.0. The number of alkyl carbamates (subject to hydrolysis) is 1. The van der Waals surface area contributed by atoms with Crippen LogP contribution >= 0.6 is 11.3 Å². The number of carbonyl (C=O) groups is 1. The van der Waals surface area contributed by atoms with Crippen molar-refractivity contribution in [3.05, 3.63) is 77.3 Å². The number of pyridine rings is 1. The number of nitrogens with zero attached hydrogens (tertiary/aromatic N) is 4. The highest BCUT2D eigenvalue weighted by Gasteiger charge is 2.17. The quantitative estimate of drug-likeness (QED) is 0.191. The number of nitrogens with one attached hydrogen (secondary N) is 2. The van der Waals surface area contributed by atoms with E-state index in [9.17, 15) is 4.79 Å². The lowest BCUT2D eigenvalue weighted by atomic mass is 10.1. The van der Waals surface area contributed by atoms with Crippen LogP contribution in [0.5, 0.6) is 17.2 Å². The largest absolute Gasteiger partial charge is 0.495 e. The number of carbonyl (C=O) groups excluding carboxylic acids is 1. The monoisotopic (exact) mass is 1190 g/mol. The minimum Gasteiger partial charge on any atom is -0.495 e. The summed E-state index contributed by atoms with van der Waals surface area (Å²) in [6.07, 6.45) is 22.9. The van der Waals surface area contributed by atoms with E-state index in [0.29, 0.717) is 37.4 Å². The normalized spacial score (nSPS) is 23.0. The summed E-state index contributed by atoms with van der Waals surface area (Å²) in [6, 6.07) is 11.4. The Labute approximate surface area is 505 Å². The van der Waals surface area contributed by atoms with Crippen molar-refractivity contribution in [3.8, 4) is 17.2 Å². The standard InChI is InChI=1S/C9H10O2.C7H14O.C6H7NO.C6H12O2.2C6H12O.C5H10O2.C5H10O.C4H6N2.C4H7NO2.C3H4N2S.2CH4/c1-7-6-10-8-4-2-3-5-9(8)11-7;1-7-4-2-3-5-8-6-7;1-8-6-3-2-4-7-5-6;1-6-4-7-2-3-8-5-6;1-7-6-4-2-3-5-6;1-6-4-2-3-5-7-6;1-5-4-6-2-3-7-5;1-5-2-3-6-4-5;1-4-2-5-6-3-4;1-3-2-5-4(6)7-3;1-3-5-4-2-6-3;;/h2-5,7H,6H2,1H3;7H,2-6H2,1H3;2-5H,1H3;6H,2-5H2,1H3;2*6H,2-5H2,1H3;5H,2-4H2,1H3;5H,2-4H2,1H3;2-3H,1H3,(H,5,6);3H,2H2,1H3,(H,5,6);2H,1H3;2*1H4/t2*7-;;;;6-;2*5-;;3-;;;/m00...001.0.../s1. The van der Waals surface area contributed by atoms with E-state index in [2.05, 4.69) is 63.1 Å². The topological polar surface area (TPSA) is 207 Å². The van der Waals surface area contributed by atoms with Crippen LogP contribution in [0.25, 0.3) is 0 Å². The number of rotatable bonds is 2. The molecule has 20 heteroatoms. The average molecular weight is 1190 g/mol. The summed E-state index contributed by atoms with van der Waals surface area (Å²) >= 11 is 1.56. The van der Waals surface area contributed by atoms with Gasteiger partial charge >= 0.3 is 6.09 Å². The van der Waals surface area contributed by atoms with Crippen molar-refractivity contribution in [2.75, 3.05) is 107 Å². The van der Waals surface area contributed by atoms with Gasteiger partial charge in [-0.1, -0.05) is 67.0 Å². The second kappa shape index (κ2) is 53.0. The molecule has 0 unspecified atom stereocenters. The number of amides is 1. The third kappa shape index (κ3) is 45.5. The summed E-state index contributed by atoms with van der Waals surface area (Å²) in [5.41, 5.74) is 2.89. The number of methoxy groups -OCH3 is 2. The summed E-state index contributed by atoms with van der Waals surface area (Å²) in [5.74, 6) is 4.71. The number of aromatic nitrogens is 5. The predicted molar refractivity (Wildman–Crippen MR) is 332 cm³/mol. The van der Waals surface area contributed by atoms with Gasteiger partial charge in [-0.25, -0.2) is 4.79 Å². The molecule has 4 aromatic rings. The summed E-state index contributed by atoms with van der Waals surface area (Å²) in [6.45, 7) is 30.3. The van der Waals surface area contributed by atoms with Crippen LogP contribution in [0.4, 0.5) is 4.79 Å². The number of H-pyrrole nitrogens is 1. The van der Waals surface area contributed by atoms with E-state index in [1.54, 1.807) is 49.7 Å². The van der Waals surface area contributed by atoms with E-state index >= 15 is 0 Å². The van der Waals surface area contributed by atoms with Crippen LogP contribution in [0, 0.1) is 31.6 Å². The number of ether oxygens (including phenoxy) is 12. The summed E-state index contributed by atoms with van der Waals surface area (Å²) in [5, 5.41) is 17.2. The van der Waals surface area contributed by atoms with Gasteiger partial charge in [0.05, 0.1) is 90.6 Å². The van der Waals surface area contributed by atoms with Gasteiger partial charge in [-0.15, -0.1) is 21.5 Å². The van der Waals surface area contributed by atoms with E-state index in [1.807, 2.05) is 77.2 Å². The fraction of sp³-hybridized carbons (Fsp3) is 0.730. The lowest BCUT2D eigenvalue weighted by molar-refractivity contribution is -0.0797. The van der Waals surface area contributed by atoms with Gasteiger partial charge in [-0.3, -0.25) is 10.1 Å². The molecule has 0 spiro atoms. The van der Waals surface area contributed by atoms with E-state index in [1.165, 1.54) is 76.2 Å². The maximum absolute atomic E-state index is 10.1. The zero-order valence-electron chi connectivity index (χ0n) is 51.2. The van der Waals surface area contributed by atoms with Crippen molar-refractivity contribution in [2.45, 2.75) is 178 Å². The third-order valence-electron chi connectivity index (χ3n) is 12.5. The first-order valence-electron chi connectivity index (χ1n) is 29.4. The number of hydrogen-bond donors (Lipinski definition) is 2. The highest BCUT2D eigenvalue weighted by Crippen LogP contribution is 2.30. The van der Waals surface area contributed by atoms with Gasteiger partial charge in [0.25, 0.3) is 0 Å². The van der Waals surface area contributed by atoms with E-state index in [0.717, 1.165) is 113 Å². The first-order valence-corrected chi connectivity index (χ1v) is 30.2. The minimum atomic E-state index is -0.299. The molecule has 1 amide bonds. The summed E-state index contributed by atoms with van der Waals surface area (Å²) < 4.78 is 61.7. The fourth-order valence-electron chi connectivity index (χ4n) is 7.71. The van der Waals surface area contributed by atoms with Crippen LogP contribution in [0.2, 0.25) is 0 Å². The number of benzene rings is 1. The fourth-order valence-corrected chi connectivity index (χ4v) is 8.05. The number of hydrogen-bond acceptors (Lipinski definition) is 18.